The first kappa shape index (κ1) is 17.0. The quantitative estimate of drug-likeness (QED) is 0.808. The molecule has 0 spiro atoms. The third-order valence-electron chi connectivity index (χ3n) is 4.47. The Morgan fingerprint density at radius 3 is 2.54 bits per heavy atom. The number of amides is 1. The molecule has 0 radical (unpaired) electrons. The minimum Gasteiger partial charge on any atom is -0.419 e. The van der Waals surface area contributed by atoms with E-state index in [1.807, 2.05) is 30.9 Å². The highest BCUT2D eigenvalue weighted by Crippen LogP contribution is 2.28. The van der Waals surface area contributed by atoms with Gasteiger partial charge in [0.2, 0.25) is 17.7 Å². The normalized spacial score (nSPS) is 15.2. The Balaban J connectivity index is 1.73. The highest BCUT2D eigenvalue weighted by atomic mass is 35.5. The Morgan fingerprint density at radius 1 is 1.25 bits per heavy atom. The van der Waals surface area contributed by atoms with Gasteiger partial charge in [-0.1, -0.05) is 24.4 Å². The van der Waals surface area contributed by atoms with Gasteiger partial charge in [-0.2, -0.15) is 0 Å². The van der Waals surface area contributed by atoms with Gasteiger partial charge < -0.3 is 9.32 Å². The zero-order valence-electron chi connectivity index (χ0n) is 14.0. The highest BCUT2D eigenvalue weighted by Gasteiger charge is 2.29. The van der Waals surface area contributed by atoms with E-state index in [2.05, 4.69) is 10.2 Å². The number of rotatable bonds is 5. The van der Waals surface area contributed by atoms with Gasteiger partial charge in [0.05, 0.1) is 6.54 Å². The van der Waals surface area contributed by atoms with E-state index in [1.54, 1.807) is 12.1 Å². The second-order valence-corrected chi connectivity index (χ2v) is 6.99. The molecule has 0 saturated heterocycles. The monoisotopic (exact) mass is 347 g/mol. The number of hydrogen-bond acceptors (Lipinski definition) is 4. The SMILES string of the molecule is CC(C)N(Cc1nnc(-c2ccc(Cl)cc2)o1)C(=O)C1CCCC1. The summed E-state index contributed by atoms with van der Waals surface area (Å²) in [4.78, 5) is 14.6. The van der Waals surface area contributed by atoms with E-state index in [0.717, 1.165) is 31.2 Å². The standard InChI is InChI=1S/C18H22ClN3O2/c1-12(2)22(18(23)14-5-3-4-6-14)11-16-20-21-17(24-16)13-7-9-15(19)10-8-13/h7-10,12,14H,3-6,11H2,1-2H3. The van der Waals surface area contributed by atoms with Gasteiger partial charge in [-0.3, -0.25) is 4.79 Å². The lowest BCUT2D eigenvalue weighted by Crippen LogP contribution is -2.39. The Bertz CT molecular complexity index is 691. The summed E-state index contributed by atoms with van der Waals surface area (Å²) < 4.78 is 5.74. The summed E-state index contributed by atoms with van der Waals surface area (Å²) in [7, 11) is 0. The van der Waals surface area contributed by atoms with Crippen molar-refractivity contribution in [3.05, 3.63) is 35.2 Å². The van der Waals surface area contributed by atoms with E-state index < -0.39 is 0 Å². The molecule has 24 heavy (non-hydrogen) atoms. The van der Waals surface area contributed by atoms with Crippen LogP contribution in [0.15, 0.2) is 28.7 Å². The number of carbonyl (C=O) groups excluding carboxylic acids is 1. The van der Waals surface area contributed by atoms with Crippen LogP contribution in [0.3, 0.4) is 0 Å². The maximum Gasteiger partial charge on any atom is 0.247 e. The number of aromatic nitrogens is 2. The molecule has 0 aliphatic heterocycles. The summed E-state index contributed by atoms with van der Waals surface area (Å²) in [5, 5.41) is 8.85. The van der Waals surface area contributed by atoms with Crippen LogP contribution in [0, 0.1) is 5.92 Å². The van der Waals surface area contributed by atoms with Crippen LogP contribution in [0.25, 0.3) is 11.5 Å². The Kier molecular flexibility index (Phi) is 5.19. The van der Waals surface area contributed by atoms with Crippen molar-refractivity contribution in [1.82, 2.24) is 15.1 Å². The Hall–Kier alpha value is -1.88. The number of benzene rings is 1. The smallest absolute Gasteiger partial charge is 0.247 e. The van der Waals surface area contributed by atoms with E-state index in [0.29, 0.717) is 23.3 Å². The highest BCUT2D eigenvalue weighted by molar-refractivity contribution is 6.30. The molecule has 128 valence electrons. The second-order valence-electron chi connectivity index (χ2n) is 6.55. The van der Waals surface area contributed by atoms with Gasteiger partial charge in [-0.15, -0.1) is 10.2 Å². The molecule has 1 saturated carbocycles. The van der Waals surface area contributed by atoms with Gasteiger partial charge in [0.1, 0.15) is 0 Å². The maximum atomic E-state index is 12.7. The molecule has 1 aromatic heterocycles. The summed E-state index contributed by atoms with van der Waals surface area (Å²) in [5.74, 6) is 1.25. The molecule has 1 fully saturated rings. The average Bonchev–Trinajstić information content (AvgIpc) is 3.24. The number of halogens is 1. The number of nitrogens with zero attached hydrogens (tertiary/aromatic N) is 3. The van der Waals surface area contributed by atoms with Gasteiger partial charge in [-0.05, 0) is 51.0 Å². The van der Waals surface area contributed by atoms with E-state index in [9.17, 15) is 4.79 Å². The van der Waals surface area contributed by atoms with Crippen LogP contribution in [0.1, 0.15) is 45.4 Å². The Labute approximate surface area is 147 Å². The number of carbonyl (C=O) groups is 1. The second kappa shape index (κ2) is 7.34. The van der Waals surface area contributed by atoms with Crippen LogP contribution in [0.2, 0.25) is 5.02 Å². The van der Waals surface area contributed by atoms with Crippen molar-refractivity contribution in [2.45, 2.75) is 52.1 Å². The summed E-state index contributed by atoms with van der Waals surface area (Å²) in [6.07, 6.45) is 4.26. The van der Waals surface area contributed by atoms with Crippen molar-refractivity contribution in [3.8, 4) is 11.5 Å². The van der Waals surface area contributed by atoms with Crippen molar-refractivity contribution in [2.75, 3.05) is 0 Å². The lowest BCUT2D eigenvalue weighted by Gasteiger charge is -2.28. The maximum absolute atomic E-state index is 12.7. The molecule has 1 aliphatic carbocycles. The van der Waals surface area contributed by atoms with Crippen LogP contribution in [0.4, 0.5) is 0 Å². The first-order valence-corrected chi connectivity index (χ1v) is 8.81. The van der Waals surface area contributed by atoms with E-state index in [-0.39, 0.29) is 17.9 Å². The van der Waals surface area contributed by atoms with Gasteiger partial charge in [0, 0.05) is 22.5 Å². The molecule has 5 nitrogen and oxygen atoms in total. The molecule has 1 heterocycles. The molecule has 1 aromatic carbocycles. The zero-order chi connectivity index (χ0) is 17.1. The molecular formula is C18H22ClN3O2. The van der Waals surface area contributed by atoms with Gasteiger partial charge >= 0.3 is 0 Å². The van der Waals surface area contributed by atoms with Crippen LogP contribution in [-0.2, 0) is 11.3 Å². The fraction of sp³-hybridized carbons (Fsp3) is 0.500. The number of hydrogen-bond donors (Lipinski definition) is 0. The average molecular weight is 348 g/mol. The van der Waals surface area contributed by atoms with Gasteiger partial charge in [-0.25, -0.2) is 0 Å². The van der Waals surface area contributed by atoms with E-state index in [4.69, 9.17) is 16.0 Å². The first-order chi connectivity index (χ1) is 11.5. The van der Waals surface area contributed by atoms with Crippen molar-refractivity contribution < 1.29 is 9.21 Å². The van der Waals surface area contributed by atoms with Gasteiger partial charge in [0.15, 0.2) is 0 Å². The van der Waals surface area contributed by atoms with Gasteiger partial charge in [0.25, 0.3) is 0 Å². The van der Waals surface area contributed by atoms with Crippen LogP contribution < -0.4 is 0 Å². The minimum absolute atomic E-state index is 0.101. The molecule has 0 unspecified atom stereocenters. The predicted molar refractivity (Wildman–Crippen MR) is 92.4 cm³/mol. The summed E-state index contributed by atoms with van der Waals surface area (Å²) in [6.45, 7) is 4.39. The fourth-order valence-corrected chi connectivity index (χ4v) is 3.22. The summed E-state index contributed by atoms with van der Waals surface area (Å²) in [5.41, 5.74) is 0.816. The van der Waals surface area contributed by atoms with Crippen molar-refractivity contribution >= 4 is 17.5 Å². The molecule has 0 atom stereocenters. The summed E-state index contributed by atoms with van der Waals surface area (Å²) in [6, 6.07) is 7.34. The molecule has 3 rings (SSSR count). The van der Waals surface area contributed by atoms with Crippen molar-refractivity contribution in [2.24, 2.45) is 5.92 Å². The van der Waals surface area contributed by atoms with Crippen LogP contribution in [-0.4, -0.2) is 27.0 Å². The molecule has 6 heteroatoms. The zero-order valence-corrected chi connectivity index (χ0v) is 14.8. The molecule has 2 aromatic rings. The largest absolute Gasteiger partial charge is 0.419 e. The third kappa shape index (κ3) is 3.78. The molecule has 1 amide bonds. The fourth-order valence-electron chi connectivity index (χ4n) is 3.09. The minimum atomic E-state index is 0.101. The molecule has 0 bridgehead atoms. The van der Waals surface area contributed by atoms with Crippen LogP contribution in [0.5, 0.6) is 0 Å². The topological polar surface area (TPSA) is 59.2 Å². The molecule has 1 aliphatic rings. The molecular weight excluding hydrogens is 326 g/mol. The van der Waals surface area contributed by atoms with Crippen LogP contribution >= 0.6 is 11.6 Å². The third-order valence-corrected chi connectivity index (χ3v) is 4.73. The lowest BCUT2D eigenvalue weighted by molar-refractivity contribution is -0.138. The molecule has 0 N–H and O–H groups in total. The van der Waals surface area contributed by atoms with Crippen molar-refractivity contribution in [3.63, 3.8) is 0 Å². The lowest BCUT2D eigenvalue weighted by atomic mass is 10.1. The Morgan fingerprint density at radius 2 is 1.92 bits per heavy atom. The predicted octanol–water partition coefficient (Wildman–Crippen LogP) is 4.32. The first-order valence-electron chi connectivity index (χ1n) is 8.43. The summed E-state index contributed by atoms with van der Waals surface area (Å²) >= 11 is 5.89. The van der Waals surface area contributed by atoms with E-state index >= 15 is 0 Å². The van der Waals surface area contributed by atoms with Crippen molar-refractivity contribution in [1.29, 1.82) is 0 Å². The van der Waals surface area contributed by atoms with E-state index in [1.165, 1.54) is 0 Å².